The summed E-state index contributed by atoms with van der Waals surface area (Å²) in [4.78, 5) is 17.3. The average Bonchev–Trinajstić information content (AvgIpc) is 3.13. The van der Waals surface area contributed by atoms with E-state index >= 15 is 0 Å². The second kappa shape index (κ2) is 10.3. The van der Waals surface area contributed by atoms with Gasteiger partial charge in [-0.05, 0) is 32.9 Å². The maximum Gasteiger partial charge on any atom is 0.417 e. The number of carbonyl (C=O) groups excluding carboxylic acids is 1. The first-order valence-corrected chi connectivity index (χ1v) is 11.5. The zero-order chi connectivity index (χ0) is 28.8. The Morgan fingerprint density at radius 3 is 2.37 bits per heavy atom. The minimum Gasteiger partial charge on any atom is -0.493 e. The summed E-state index contributed by atoms with van der Waals surface area (Å²) < 4.78 is 101. The lowest BCUT2D eigenvalue weighted by atomic mass is 9.77. The van der Waals surface area contributed by atoms with Crippen molar-refractivity contribution in [3.05, 3.63) is 53.1 Å². The first kappa shape index (κ1) is 29.7. The van der Waals surface area contributed by atoms with Gasteiger partial charge in [0.1, 0.15) is 6.10 Å². The summed E-state index contributed by atoms with van der Waals surface area (Å²) in [6.07, 6.45) is -6.04. The van der Waals surface area contributed by atoms with Crippen molar-refractivity contribution in [2.24, 2.45) is 11.7 Å². The summed E-state index contributed by atoms with van der Waals surface area (Å²) in [7, 11) is 2.42. The summed E-state index contributed by atoms with van der Waals surface area (Å²) in [5.41, 5.74) is 1.87. The molecule has 2 heterocycles. The molecule has 0 spiro atoms. The molecule has 0 unspecified atom stereocenters. The summed E-state index contributed by atoms with van der Waals surface area (Å²) in [5, 5.41) is 2.24. The van der Waals surface area contributed by atoms with Gasteiger partial charge in [0.05, 0.1) is 36.3 Å². The molecule has 3 rings (SSSR count). The molecule has 0 radical (unpaired) electrons. The fraction of sp³-hybridized carbons (Fsp3) is 0.520. The number of methoxy groups -OCH3 is 2. The fourth-order valence-corrected chi connectivity index (χ4v) is 4.45. The molecule has 1 aliphatic rings. The van der Waals surface area contributed by atoms with Crippen LogP contribution in [0.15, 0.2) is 24.4 Å². The summed E-state index contributed by atoms with van der Waals surface area (Å²) in [5.74, 6) is -8.46. The second-order valence-electron chi connectivity index (χ2n) is 9.81. The van der Waals surface area contributed by atoms with Gasteiger partial charge in [0.2, 0.25) is 5.82 Å². The lowest BCUT2D eigenvalue weighted by molar-refractivity contribution is -0.272. The molecule has 1 saturated heterocycles. The van der Waals surface area contributed by atoms with Crippen molar-refractivity contribution in [1.29, 1.82) is 0 Å². The molecular weight excluding hydrogens is 520 g/mol. The molecule has 0 bridgehead atoms. The van der Waals surface area contributed by atoms with Gasteiger partial charge < -0.3 is 25.3 Å². The van der Waals surface area contributed by atoms with E-state index in [9.17, 15) is 31.1 Å². The van der Waals surface area contributed by atoms with E-state index in [1.54, 1.807) is 13.8 Å². The Labute approximate surface area is 215 Å². The zero-order valence-corrected chi connectivity index (χ0v) is 21.5. The molecule has 5 atom stereocenters. The standard InChI is InChI=1S/C25H29F6N3O4/c1-11-17(12-7-8-13(26)18(28)19(12)36-5)20(38-24(11,4)25(29,30)31)22(35)34-15-9-16(33-10-14(15)27)21(32)23(2,3)37-6/h7-11,17,20-21H,32H2,1-6H3,(H,33,34,35)/t11-,17-,20+,21+,24+/m0/s1. The zero-order valence-electron chi connectivity index (χ0n) is 21.5. The number of rotatable bonds is 7. The Morgan fingerprint density at radius 2 is 1.82 bits per heavy atom. The van der Waals surface area contributed by atoms with Crippen molar-refractivity contribution in [3.8, 4) is 5.75 Å². The normalized spacial score (nSPS) is 24.8. The molecule has 7 nitrogen and oxygen atoms in total. The Kier molecular flexibility index (Phi) is 8.07. The predicted octanol–water partition coefficient (Wildman–Crippen LogP) is 5.01. The molecule has 38 heavy (non-hydrogen) atoms. The van der Waals surface area contributed by atoms with Crippen LogP contribution in [0.1, 0.15) is 50.9 Å². The van der Waals surface area contributed by atoms with Gasteiger partial charge in [-0.25, -0.2) is 8.78 Å². The lowest BCUT2D eigenvalue weighted by Crippen LogP contribution is -2.47. The van der Waals surface area contributed by atoms with Gasteiger partial charge in [0.25, 0.3) is 5.91 Å². The summed E-state index contributed by atoms with van der Waals surface area (Å²) in [6, 6.07) is 2.01. The van der Waals surface area contributed by atoms with Gasteiger partial charge in [0.15, 0.2) is 23.0 Å². The number of halogens is 6. The van der Waals surface area contributed by atoms with Crippen LogP contribution in [0.5, 0.6) is 5.75 Å². The largest absolute Gasteiger partial charge is 0.493 e. The van der Waals surface area contributed by atoms with E-state index in [4.69, 9.17) is 19.9 Å². The van der Waals surface area contributed by atoms with Gasteiger partial charge >= 0.3 is 6.18 Å². The number of amides is 1. The predicted molar refractivity (Wildman–Crippen MR) is 125 cm³/mol. The number of nitrogens with two attached hydrogens (primary N) is 1. The van der Waals surface area contributed by atoms with Crippen LogP contribution in [0.25, 0.3) is 0 Å². The van der Waals surface area contributed by atoms with E-state index in [2.05, 4.69) is 10.3 Å². The molecular formula is C25H29F6N3O4. The van der Waals surface area contributed by atoms with E-state index in [0.29, 0.717) is 6.07 Å². The van der Waals surface area contributed by atoms with Crippen LogP contribution >= 0.6 is 0 Å². The van der Waals surface area contributed by atoms with E-state index in [-0.39, 0.29) is 11.3 Å². The third kappa shape index (κ3) is 5.06. The first-order valence-electron chi connectivity index (χ1n) is 11.5. The number of anilines is 1. The van der Waals surface area contributed by atoms with Crippen molar-refractivity contribution in [2.45, 2.75) is 63.1 Å². The smallest absolute Gasteiger partial charge is 0.417 e. The number of ether oxygens (including phenoxy) is 3. The van der Waals surface area contributed by atoms with Crippen LogP contribution < -0.4 is 15.8 Å². The third-order valence-electron chi connectivity index (χ3n) is 7.30. The highest BCUT2D eigenvalue weighted by Crippen LogP contribution is 2.55. The number of pyridine rings is 1. The third-order valence-corrected chi connectivity index (χ3v) is 7.30. The highest BCUT2D eigenvalue weighted by molar-refractivity contribution is 5.95. The molecule has 0 saturated carbocycles. The van der Waals surface area contributed by atoms with Gasteiger partial charge in [-0.3, -0.25) is 9.78 Å². The van der Waals surface area contributed by atoms with Crippen molar-refractivity contribution >= 4 is 11.6 Å². The van der Waals surface area contributed by atoms with Gasteiger partial charge in [-0.15, -0.1) is 0 Å². The monoisotopic (exact) mass is 549 g/mol. The van der Waals surface area contributed by atoms with E-state index < -0.39 is 76.2 Å². The topological polar surface area (TPSA) is 95.7 Å². The first-order chi connectivity index (χ1) is 17.5. The number of nitrogens with zero attached hydrogens (tertiary/aromatic N) is 1. The highest BCUT2D eigenvalue weighted by atomic mass is 19.4. The number of benzene rings is 1. The molecule has 2 aromatic rings. The molecule has 210 valence electrons. The van der Waals surface area contributed by atoms with Gasteiger partial charge in [-0.2, -0.15) is 17.6 Å². The molecule has 1 fully saturated rings. The van der Waals surface area contributed by atoms with E-state index in [1.165, 1.54) is 14.0 Å². The number of carbonyl (C=O) groups is 1. The quantitative estimate of drug-likeness (QED) is 0.472. The molecule has 1 amide bonds. The van der Waals surface area contributed by atoms with Crippen molar-refractivity contribution in [3.63, 3.8) is 0 Å². The van der Waals surface area contributed by atoms with Gasteiger partial charge in [0, 0.05) is 24.5 Å². The second-order valence-corrected chi connectivity index (χ2v) is 9.81. The minimum absolute atomic E-state index is 0.133. The van der Waals surface area contributed by atoms with Crippen LogP contribution in [0.2, 0.25) is 0 Å². The van der Waals surface area contributed by atoms with Crippen LogP contribution in [-0.4, -0.2) is 48.6 Å². The maximum absolute atomic E-state index is 14.6. The Balaban J connectivity index is 2.07. The molecule has 13 heteroatoms. The minimum atomic E-state index is -4.95. The molecule has 0 aliphatic carbocycles. The SMILES string of the molecule is COc1c([C@H]2[C@H](C(=O)Nc3cc([C@@H](N)C(C)(C)OC)ncc3F)O[C@@](C)(C(F)(F)F)[C@H]2C)ccc(F)c1F. The Bertz CT molecular complexity index is 1210. The number of hydrogen-bond acceptors (Lipinski definition) is 6. The molecule has 3 N–H and O–H groups in total. The van der Waals surface area contributed by atoms with Gasteiger partial charge in [-0.1, -0.05) is 13.0 Å². The fourth-order valence-electron chi connectivity index (χ4n) is 4.45. The number of alkyl halides is 3. The Morgan fingerprint density at radius 1 is 1.18 bits per heavy atom. The average molecular weight is 550 g/mol. The number of hydrogen-bond donors (Lipinski definition) is 2. The van der Waals surface area contributed by atoms with E-state index in [0.717, 1.165) is 32.4 Å². The van der Waals surface area contributed by atoms with Crippen LogP contribution in [-0.2, 0) is 14.3 Å². The Hall–Kier alpha value is -2.90. The van der Waals surface area contributed by atoms with Crippen LogP contribution in [0, 0.1) is 23.4 Å². The summed E-state index contributed by atoms with van der Waals surface area (Å²) in [6.45, 7) is 5.24. The molecule has 1 aromatic carbocycles. The molecule has 1 aromatic heterocycles. The summed E-state index contributed by atoms with van der Waals surface area (Å²) >= 11 is 0. The lowest BCUT2D eigenvalue weighted by Gasteiger charge is -2.32. The highest BCUT2D eigenvalue weighted by Gasteiger charge is 2.66. The number of aromatic nitrogens is 1. The van der Waals surface area contributed by atoms with Crippen molar-refractivity contribution in [1.82, 2.24) is 4.98 Å². The van der Waals surface area contributed by atoms with Crippen LogP contribution in [0.3, 0.4) is 0 Å². The van der Waals surface area contributed by atoms with Crippen LogP contribution in [0.4, 0.5) is 32.0 Å². The molecule has 1 aliphatic heterocycles. The maximum atomic E-state index is 14.6. The van der Waals surface area contributed by atoms with E-state index in [1.807, 2.05) is 0 Å². The van der Waals surface area contributed by atoms with Crippen molar-refractivity contribution in [2.75, 3.05) is 19.5 Å². The van der Waals surface area contributed by atoms with Crippen molar-refractivity contribution < 1.29 is 45.3 Å². The number of nitrogens with one attached hydrogen (secondary N) is 1.